The number of rotatable bonds is 8. The van der Waals surface area contributed by atoms with E-state index in [9.17, 15) is 14.0 Å². The van der Waals surface area contributed by atoms with Gasteiger partial charge in [-0.2, -0.15) is 0 Å². The maximum atomic E-state index is 13.2. The van der Waals surface area contributed by atoms with Gasteiger partial charge < -0.3 is 10.2 Å². The molecule has 28 heavy (non-hydrogen) atoms. The highest BCUT2D eigenvalue weighted by Gasteiger charge is 2.58. The van der Waals surface area contributed by atoms with Crippen molar-refractivity contribution in [1.82, 2.24) is 10.2 Å². The topological polar surface area (TPSA) is 49.4 Å². The Kier molecular flexibility index (Phi) is 6.12. The summed E-state index contributed by atoms with van der Waals surface area (Å²) in [5, 5.41) is 2.91. The van der Waals surface area contributed by atoms with E-state index in [1.165, 1.54) is 12.1 Å². The monoisotopic (exact) mass is 382 g/mol. The highest BCUT2D eigenvalue weighted by atomic mass is 19.1. The van der Waals surface area contributed by atoms with Crippen LogP contribution in [0.15, 0.2) is 54.6 Å². The molecule has 3 rings (SSSR count). The van der Waals surface area contributed by atoms with Gasteiger partial charge in [0.15, 0.2) is 0 Å². The van der Waals surface area contributed by atoms with Crippen LogP contribution in [0.1, 0.15) is 37.8 Å². The third kappa shape index (κ3) is 4.58. The van der Waals surface area contributed by atoms with Crippen LogP contribution in [0.3, 0.4) is 0 Å². The summed E-state index contributed by atoms with van der Waals surface area (Å²) >= 11 is 0. The van der Waals surface area contributed by atoms with Gasteiger partial charge in [-0.1, -0.05) is 42.5 Å². The third-order valence-electron chi connectivity index (χ3n) is 5.29. The molecular formula is C23H27FN2O2. The number of carbonyl (C=O) groups is 2. The minimum absolute atomic E-state index is 0.0113. The van der Waals surface area contributed by atoms with Gasteiger partial charge in [-0.05, 0) is 56.4 Å². The Balaban J connectivity index is 1.60. The van der Waals surface area contributed by atoms with E-state index >= 15 is 0 Å². The van der Waals surface area contributed by atoms with Crippen LogP contribution in [-0.4, -0.2) is 29.3 Å². The van der Waals surface area contributed by atoms with Crippen molar-refractivity contribution in [2.75, 3.05) is 6.54 Å². The van der Waals surface area contributed by atoms with E-state index in [0.29, 0.717) is 32.4 Å². The molecule has 0 bridgehead atoms. The van der Waals surface area contributed by atoms with Crippen molar-refractivity contribution < 1.29 is 14.0 Å². The van der Waals surface area contributed by atoms with Crippen LogP contribution in [0, 0.1) is 11.2 Å². The zero-order valence-corrected chi connectivity index (χ0v) is 16.5. The van der Waals surface area contributed by atoms with Crippen LogP contribution < -0.4 is 5.32 Å². The second-order valence-corrected chi connectivity index (χ2v) is 7.73. The van der Waals surface area contributed by atoms with Gasteiger partial charge in [0, 0.05) is 19.1 Å². The number of carbonyl (C=O) groups excluding carboxylic acids is 2. The Morgan fingerprint density at radius 1 is 1.04 bits per heavy atom. The minimum atomic E-state index is -0.929. The highest BCUT2D eigenvalue weighted by Crippen LogP contribution is 2.48. The van der Waals surface area contributed by atoms with Crippen LogP contribution in [0.2, 0.25) is 0 Å². The highest BCUT2D eigenvalue weighted by molar-refractivity contribution is 6.07. The summed E-state index contributed by atoms with van der Waals surface area (Å²) in [7, 11) is 0. The fraction of sp³-hybridized carbons (Fsp3) is 0.391. The molecule has 4 nitrogen and oxygen atoms in total. The molecule has 0 aliphatic heterocycles. The van der Waals surface area contributed by atoms with Crippen molar-refractivity contribution in [3.63, 3.8) is 0 Å². The molecule has 0 radical (unpaired) electrons. The van der Waals surface area contributed by atoms with Gasteiger partial charge in [0.2, 0.25) is 11.8 Å². The van der Waals surface area contributed by atoms with E-state index in [4.69, 9.17) is 0 Å². The molecule has 2 aromatic rings. The first-order valence-electron chi connectivity index (χ1n) is 9.80. The Hall–Kier alpha value is -2.69. The Morgan fingerprint density at radius 3 is 2.25 bits per heavy atom. The summed E-state index contributed by atoms with van der Waals surface area (Å²) in [5.74, 6) is -0.563. The van der Waals surface area contributed by atoms with Gasteiger partial charge in [-0.25, -0.2) is 4.39 Å². The predicted molar refractivity (Wildman–Crippen MR) is 107 cm³/mol. The molecule has 148 valence electrons. The van der Waals surface area contributed by atoms with Gasteiger partial charge in [-0.15, -0.1) is 0 Å². The van der Waals surface area contributed by atoms with Gasteiger partial charge in [0.1, 0.15) is 11.2 Å². The van der Waals surface area contributed by atoms with E-state index < -0.39 is 5.41 Å². The first-order chi connectivity index (χ1) is 13.4. The number of hydrogen-bond acceptors (Lipinski definition) is 2. The normalized spacial score (nSPS) is 14.6. The van der Waals surface area contributed by atoms with Crippen molar-refractivity contribution in [3.8, 4) is 0 Å². The average molecular weight is 382 g/mol. The lowest BCUT2D eigenvalue weighted by Gasteiger charge is -2.30. The summed E-state index contributed by atoms with van der Waals surface area (Å²) in [4.78, 5) is 27.8. The molecule has 1 N–H and O–H groups in total. The van der Waals surface area contributed by atoms with E-state index in [1.54, 1.807) is 17.0 Å². The van der Waals surface area contributed by atoms with Crippen molar-refractivity contribution in [2.24, 2.45) is 5.41 Å². The van der Waals surface area contributed by atoms with E-state index in [-0.39, 0.29) is 23.7 Å². The number of hydrogen-bond donors (Lipinski definition) is 1. The van der Waals surface area contributed by atoms with Crippen molar-refractivity contribution in [3.05, 3.63) is 71.5 Å². The maximum absolute atomic E-state index is 13.2. The van der Waals surface area contributed by atoms with Gasteiger partial charge in [0.25, 0.3) is 0 Å². The molecule has 0 saturated heterocycles. The fourth-order valence-electron chi connectivity index (χ4n) is 3.35. The number of amides is 2. The molecule has 1 aliphatic carbocycles. The van der Waals surface area contributed by atoms with Crippen LogP contribution in [-0.2, 0) is 22.6 Å². The molecule has 1 fully saturated rings. The Morgan fingerprint density at radius 2 is 1.68 bits per heavy atom. The van der Waals surface area contributed by atoms with Crippen molar-refractivity contribution in [1.29, 1.82) is 0 Å². The summed E-state index contributed by atoms with van der Waals surface area (Å²) in [6.07, 6.45) is 1.78. The van der Waals surface area contributed by atoms with Crippen molar-refractivity contribution >= 4 is 11.8 Å². The molecule has 2 amide bonds. The van der Waals surface area contributed by atoms with Crippen LogP contribution >= 0.6 is 0 Å². The van der Waals surface area contributed by atoms with E-state index in [1.807, 2.05) is 44.2 Å². The second-order valence-electron chi connectivity index (χ2n) is 7.73. The van der Waals surface area contributed by atoms with Crippen molar-refractivity contribution in [2.45, 2.75) is 45.7 Å². The number of benzene rings is 2. The summed E-state index contributed by atoms with van der Waals surface area (Å²) in [5.41, 5.74) is 1.07. The molecule has 0 spiro atoms. The molecule has 1 saturated carbocycles. The predicted octanol–water partition coefficient (Wildman–Crippen LogP) is 3.70. The molecule has 5 heteroatoms. The van der Waals surface area contributed by atoms with E-state index in [0.717, 1.165) is 11.1 Å². The number of nitrogens with zero attached hydrogens (tertiary/aromatic N) is 1. The molecule has 0 heterocycles. The zero-order chi connectivity index (χ0) is 20.1. The van der Waals surface area contributed by atoms with Crippen LogP contribution in [0.25, 0.3) is 0 Å². The Bertz CT molecular complexity index is 814. The van der Waals surface area contributed by atoms with Gasteiger partial charge >= 0.3 is 0 Å². The molecule has 0 atom stereocenters. The minimum Gasteiger partial charge on any atom is -0.355 e. The number of nitrogens with one attached hydrogen (secondary N) is 1. The molecule has 1 aliphatic rings. The molecule has 0 aromatic heterocycles. The quantitative estimate of drug-likeness (QED) is 0.708. The zero-order valence-electron chi connectivity index (χ0n) is 16.5. The summed E-state index contributed by atoms with van der Waals surface area (Å²) in [6.45, 7) is 4.88. The molecular weight excluding hydrogens is 355 g/mol. The maximum Gasteiger partial charge on any atom is 0.238 e. The second kappa shape index (κ2) is 8.55. The first-order valence-corrected chi connectivity index (χ1v) is 9.80. The SMILES string of the molecule is CC(C)N(Cc1ccccc1)C(=O)C1(C(=O)NCCc2ccc(F)cc2)CC1. The summed E-state index contributed by atoms with van der Waals surface area (Å²) < 4.78 is 13.0. The van der Waals surface area contributed by atoms with Gasteiger partial charge in [0.05, 0.1) is 0 Å². The van der Waals surface area contributed by atoms with Crippen LogP contribution in [0.5, 0.6) is 0 Å². The lowest BCUT2D eigenvalue weighted by molar-refractivity contribution is -0.146. The van der Waals surface area contributed by atoms with Crippen LogP contribution in [0.4, 0.5) is 4.39 Å². The lowest BCUT2D eigenvalue weighted by Crippen LogP contribution is -2.47. The standard InChI is InChI=1S/C23H27FN2O2/c1-17(2)26(16-19-6-4-3-5-7-19)22(28)23(13-14-23)21(27)25-15-12-18-8-10-20(24)11-9-18/h3-11,17H,12-16H2,1-2H3,(H,25,27). The summed E-state index contributed by atoms with van der Waals surface area (Å²) in [6, 6.07) is 16.1. The largest absolute Gasteiger partial charge is 0.355 e. The third-order valence-corrected chi connectivity index (χ3v) is 5.29. The smallest absolute Gasteiger partial charge is 0.238 e. The van der Waals surface area contributed by atoms with Gasteiger partial charge in [-0.3, -0.25) is 9.59 Å². The first kappa shape index (κ1) is 20.1. The Labute approximate surface area is 165 Å². The number of halogens is 1. The lowest BCUT2D eigenvalue weighted by atomic mass is 10.0. The molecule has 0 unspecified atom stereocenters. The average Bonchev–Trinajstić information content (AvgIpc) is 3.50. The van der Waals surface area contributed by atoms with E-state index in [2.05, 4.69) is 5.32 Å². The molecule has 2 aromatic carbocycles. The fourth-order valence-corrected chi connectivity index (χ4v) is 3.35.